The minimum atomic E-state index is -0.822. The van der Waals surface area contributed by atoms with E-state index in [1.165, 1.54) is 19.3 Å². The van der Waals surface area contributed by atoms with Gasteiger partial charge in [-0.2, -0.15) is 0 Å². The summed E-state index contributed by atoms with van der Waals surface area (Å²) < 4.78 is 6.07. The molecule has 1 N–H and O–H groups in total. The van der Waals surface area contributed by atoms with Crippen molar-refractivity contribution in [1.82, 2.24) is 0 Å². The molecule has 0 spiro atoms. The molecule has 0 aromatic carbocycles. The Hall–Kier alpha value is -1.06. The van der Waals surface area contributed by atoms with Crippen molar-refractivity contribution in [3.63, 3.8) is 0 Å². The van der Waals surface area contributed by atoms with Crippen molar-refractivity contribution in [2.45, 2.75) is 104 Å². The maximum atomic E-state index is 12.8. The lowest BCUT2D eigenvalue weighted by Crippen LogP contribution is -2.40. The van der Waals surface area contributed by atoms with Crippen LogP contribution in [0.3, 0.4) is 0 Å². The molecule has 0 amide bonds. The first-order valence-electron chi connectivity index (χ1n) is 9.51. The summed E-state index contributed by atoms with van der Waals surface area (Å²) in [5.41, 5.74) is -1.80. The summed E-state index contributed by atoms with van der Waals surface area (Å²) in [6, 6.07) is 0. The first-order chi connectivity index (χ1) is 11.0. The second kappa shape index (κ2) is 8.35. The average Bonchev–Trinajstić information content (AvgIpc) is 2.48. The number of ether oxygens (including phenoxy) is 1. The van der Waals surface area contributed by atoms with Crippen LogP contribution in [-0.2, 0) is 14.3 Å². The fraction of sp³-hybridized carbons (Fsp3) is 0.900. The van der Waals surface area contributed by atoms with Gasteiger partial charge in [0.05, 0.1) is 10.8 Å². The fourth-order valence-corrected chi connectivity index (χ4v) is 3.25. The lowest BCUT2D eigenvalue weighted by atomic mass is 9.78. The largest absolute Gasteiger partial charge is 0.481 e. The van der Waals surface area contributed by atoms with Crippen LogP contribution in [0.25, 0.3) is 0 Å². The molecule has 1 aliphatic rings. The quantitative estimate of drug-likeness (QED) is 0.635. The van der Waals surface area contributed by atoms with Crippen LogP contribution in [-0.4, -0.2) is 22.6 Å². The van der Waals surface area contributed by atoms with E-state index in [4.69, 9.17) is 4.74 Å². The van der Waals surface area contributed by atoms with Crippen molar-refractivity contribution >= 4 is 11.9 Å². The Labute approximate surface area is 147 Å². The molecule has 0 aromatic heterocycles. The second-order valence-corrected chi connectivity index (χ2v) is 8.77. The van der Waals surface area contributed by atoms with Crippen LogP contribution in [0.5, 0.6) is 0 Å². The van der Waals surface area contributed by atoms with Gasteiger partial charge in [-0.05, 0) is 72.6 Å². The SMILES string of the molecule is CCC1(OC(=O)C(C)(C)CCC(C)(C)C(=O)O)CCCCCCC1. The number of carbonyl (C=O) groups is 2. The van der Waals surface area contributed by atoms with Gasteiger partial charge in [-0.15, -0.1) is 0 Å². The van der Waals surface area contributed by atoms with Crippen LogP contribution in [0.15, 0.2) is 0 Å². The zero-order valence-electron chi connectivity index (χ0n) is 16.2. The predicted molar refractivity (Wildman–Crippen MR) is 95.9 cm³/mol. The Morgan fingerprint density at radius 1 is 0.917 bits per heavy atom. The molecule has 0 saturated heterocycles. The standard InChI is InChI=1S/C20H36O4/c1-6-20(12-10-8-7-9-11-13-20)24-17(23)19(4,5)15-14-18(2,3)16(21)22/h6-15H2,1-5H3,(H,21,22). The zero-order valence-corrected chi connectivity index (χ0v) is 16.2. The molecule has 4 nitrogen and oxygen atoms in total. The maximum Gasteiger partial charge on any atom is 0.312 e. The van der Waals surface area contributed by atoms with Gasteiger partial charge >= 0.3 is 11.9 Å². The van der Waals surface area contributed by atoms with Gasteiger partial charge in [0.25, 0.3) is 0 Å². The molecule has 24 heavy (non-hydrogen) atoms. The van der Waals surface area contributed by atoms with E-state index in [1.807, 2.05) is 13.8 Å². The molecular weight excluding hydrogens is 304 g/mol. The molecule has 0 bridgehead atoms. The monoisotopic (exact) mass is 340 g/mol. The van der Waals surface area contributed by atoms with Gasteiger partial charge in [0.1, 0.15) is 5.60 Å². The molecule has 0 unspecified atom stereocenters. The van der Waals surface area contributed by atoms with Gasteiger partial charge in [0.15, 0.2) is 0 Å². The number of esters is 1. The van der Waals surface area contributed by atoms with Crippen LogP contribution in [0.2, 0.25) is 0 Å². The highest BCUT2D eigenvalue weighted by Crippen LogP contribution is 2.37. The van der Waals surface area contributed by atoms with E-state index < -0.39 is 16.8 Å². The van der Waals surface area contributed by atoms with Crippen molar-refractivity contribution in [2.24, 2.45) is 10.8 Å². The third-order valence-corrected chi connectivity index (χ3v) is 5.72. The van der Waals surface area contributed by atoms with E-state index in [1.54, 1.807) is 13.8 Å². The Balaban J connectivity index is 2.73. The summed E-state index contributed by atoms with van der Waals surface area (Å²) in [6.07, 6.45) is 9.69. The number of carboxylic acids is 1. The van der Waals surface area contributed by atoms with E-state index >= 15 is 0 Å². The van der Waals surface area contributed by atoms with Crippen LogP contribution >= 0.6 is 0 Å². The van der Waals surface area contributed by atoms with Crippen molar-refractivity contribution in [3.8, 4) is 0 Å². The highest BCUT2D eigenvalue weighted by atomic mass is 16.6. The van der Waals surface area contributed by atoms with Gasteiger partial charge in [-0.25, -0.2) is 0 Å². The van der Waals surface area contributed by atoms with E-state index in [-0.39, 0.29) is 11.6 Å². The third-order valence-electron chi connectivity index (χ3n) is 5.72. The van der Waals surface area contributed by atoms with E-state index in [2.05, 4.69) is 6.92 Å². The Bertz CT molecular complexity index is 429. The molecule has 0 atom stereocenters. The first-order valence-corrected chi connectivity index (χ1v) is 9.51. The van der Waals surface area contributed by atoms with Crippen molar-refractivity contribution < 1.29 is 19.4 Å². The summed E-state index contributed by atoms with van der Waals surface area (Å²) in [7, 11) is 0. The van der Waals surface area contributed by atoms with Crippen LogP contribution < -0.4 is 0 Å². The number of hydrogen-bond acceptors (Lipinski definition) is 3. The molecule has 0 radical (unpaired) electrons. The summed E-state index contributed by atoms with van der Waals surface area (Å²) in [4.78, 5) is 24.1. The van der Waals surface area contributed by atoms with E-state index in [9.17, 15) is 14.7 Å². The fourth-order valence-electron chi connectivity index (χ4n) is 3.25. The van der Waals surface area contributed by atoms with Crippen molar-refractivity contribution in [1.29, 1.82) is 0 Å². The molecule has 140 valence electrons. The Kier molecular flexibility index (Phi) is 7.30. The lowest BCUT2D eigenvalue weighted by Gasteiger charge is -2.37. The molecule has 0 heterocycles. The molecule has 1 aliphatic carbocycles. The molecule has 0 aliphatic heterocycles. The predicted octanol–water partition coefficient (Wildman–Crippen LogP) is 5.34. The normalized spacial score (nSPS) is 19.2. The smallest absolute Gasteiger partial charge is 0.312 e. The first kappa shape index (κ1) is 21.0. The van der Waals surface area contributed by atoms with E-state index in [0.29, 0.717) is 12.8 Å². The summed E-state index contributed by atoms with van der Waals surface area (Å²) in [5, 5.41) is 9.26. The van der Waals surface area contributed by atoms with Crippen molar-refractivity contribution in [2.75, 3.05) is 0 Å². The van der Waals surface area contributed by atoms with Crippen LogP contribution in [0, 0.1) is 10.8 Å². The van der Waals surface area contributed by atoms with Gasteiger partial charge in [0, 0.05) is 0 Å². The number of carboxylic acid groups (broad SMARTS) is 1. The van der Waals surface area contributed by atoms with Gasteiger partial charge in [0.2, 0.25) is 0 Å². The molecule has 1 rings (SSSR count). The molecule has 0 aromatic rings. The summed E-state index contributed by atoms with van der Waals surface area (Å²) in [6.45, 7) is 9.27. The highest BCUT2D eigenvalue weighted by Gasteiger charge is 2.40. The lowest BCUT2D eigenvalue weighted by molar-refractivity contribution is -0.174. The maximum absolute atomic E-state index is 12.8. The molecule has 1 fully saturated rings. The van der Waals surface area contributed by atoms with Gasteiger partial charge in [-0.3, -0.25) is 9.59 Å². The average molecular weight is 341 g/mol. The number of aliphatic carboxylic acids is 1. The third kappa shape index (κ3) is 5.78. The second-order valence-electron chi connectivity index (χ2n) is 8.77. The van der Waals surface area contributed by atoms with Crippen molar-refractivity contribution in [3.05, 3.63) is 0 Å². The zero-order chi connectivity index (χ0) is 18.4. The minimum absolute atomic E-state index is 0.175. The van der Waals surface area contributed by atoms with Gasteiger partial charge < -0.3 is 9.84 Å². The molecular formula is C20H36O4. The molecule has 4 heteroatoms. The Morgan fingerprint density at radius 2 is 1.38 bits per heavy atom. The van der Waals surface area contributed by atoms with Crippen LogP contribution in [0.4, 0.5) is 0 Å². The number of rotatable bonds is 7. The minimum Gasteiger partial charge on any atom is -0.481 e. The van der Waals surface area contributed by atoms with Crippen LogP contribution in [0.1, 0.15) is 98.8 Å². The topological polar surface area (TPSA) is 63.6 Å². The number of carbonyl (C=O) groups excluding carboxylic acids is 1. The van der Waals surface area contributed by atoms with E-state index in [0.717, 1.165) is 32.1 Å². The van der Waals surface area contributed by atoms with Gasteiger partial charge in [-0.1, -0.05) is 26.2 Å². The molecule has 1 saturated carbocycles. The Morgan fingerprint density at radius 3 is 1.83 bits per heavy atom. The summed E-state index contributed by atoms with van der Waals surface area (Å²) >= 11 is 0. The number of hydrogen-bond donors (Lipinski definition) is 1. The highest BCUT2D eigenvalue weighted by molar-refractivity contribution is 5.77. The summed E-state index contributed by atoms with van der Waals surface area (Å²) in [5.74, 6) is -0.997.